The predicted octanol–water partition coefficient (Wildman–Crippen LogP) is 1.51. The van der Waals surface area contributed by atoms with Gasteiger partial charge in [0.15, 0.2) is 10.8 Å². The number of likely N-dealkylation sites (tertiary alicyclic amines) is 1. The summed E-state index contributed by atoms with van der Waals surface area (Å²) in [5.74, 6) is 0.693. The van der Waals surface area contributed by atoms with Gasteiger partial charge in [-0.1, -0.05) is 0 Å². The Kier molecular flexibility index (Phi) is 5.71. The third-order valence-corrected chi connectivity index (χ3v) is 4.77. The van der Waals surface area contributed by atoms with Crippen molar-refractivity contribution in [1.82, 2.24) is 15.2 Å². The van der Waals surface area contributed by atoms with Gasteiger partial charge in [0.2, 0.25) is 5.91 Å². The summed E-state index contributed by atoms with van der Waals surface area (Å²) in [5.41, 5.74) is 7.70. The molecule has 7 nitrogen and oxygen atoms in total. The molecule has 0 radical (unpaired) electrons. The van der Waals surface area contributed by atoms with Crippen molar-refractivity contribution in [2.24, 2.45) is 15.7 Å². The lowest BCUT2D eigenvalue weighted by atomic mass is 10.1. The van der Waals surface area contributed by atoms with Gasteiger partial charge in [-0.2, -0.15) is 8.78 Å². The van der Waals surface area contributed by atoms with Gasteiger partial charge in [-0.15, -0.1) is 11.3 Å². The third-order valence-electron chi connectivity index (χ3n) is 3.99. The summed E-state index contributed by atoms with van der Waals surface area (Å²) in [6, 6.07) is 0. The molecule has 1 fully saturated rings. The first-order chi connectivity index (χ1) is 12.5. The number of aliphatic imine (C=N–C) groups is 2. The van der Waals surface area contributed by atoms with E-state index in [0.717, 1.165) is 23.3 Å². The normalized spacial score (nSPS) is 18.9. The van der Waals surface area contributed by atoms with Gasteiger partial charge in [-0.25, -0.2) is 9.98 Å². The van der Waals surface area contributed by atoms with E-state index in [2.05, 4.69) is 20.3 Å². The monoisotopic (exact) mass is 380 g/mol. The molecule has 1 amide bonds. The van der Waals surface area contributed by atoms with Crippen molar-refractivity contribution in [3.05, 3.63) is 39.6 Å². The van der Waals surface area contributed by atoms with E-state index in [-0.39, 0.29) is 18.1 Å². The maximum Gasteiger partial charge on any atom is 0.331 e. The Hall–Kier alpha value is -2.62. The fraction of sp³-hybridized carbons (Fsp3) is 0.375. The molecule has 1 aromatic rings. The van der Waals surface area contributed by atoms with Crippen molar-refractivity contribution in [2.45, 2.75) is 19.4 Å². The molecule has 2 aliphatic heterocycles. The highest BCUT2D eigenvalue weighted by atomic mass is 32.1. The molecule has 0 unspecified atom stereocenters. The average Bonchev–Trinajstić information content (AvgIpc) is 3.27. The number of aromatic nitrogens is 1. The van der Waals surface area contributed by atoms with E-state index in [1.54, 1.807) is 11.1 Å². The Morgan fingerprint density at radius 1 is 1.54 bits per heavy atom. The molecule has 10 heteroatoms. The maximum atomic E-state index is 12.2. The largest absolute Gasteiger partial charge is 0.398 e. The minimum absolute atomic E-state index is 0.0822. The zero-order chi connectivity index (χ0) is 18.5. The van der Waals surface area contributed by atoms with Gasteiger partial charge in [0.25, 0.3) is 0 Å². The van der Waals surface area contributed by atoms with Crippen LogP contribution in [0, 0.1) is 0 Å². The Balaban J connectivity index is 1.85. The predicted molar refractivity (Wildman–Crippen MR) is 96.3 cm³/mol. The number of hydrogen-bond acceptors (Lipinski definition) is 7. The van der Waals surface area contributed by atoms with Crippen LogP contribution in [0.15, 0.2) is 44.6 Å². The molecule has 0 aliphatic carbocycles. The number of nitrogens with one attached hydrogen (secondary N) is 1. The standard InChI is InChI=1S/C16H18F2N6OS/c17-16(18)21-4-3-11(19)10-8-22-14(15-20-5-7-26-15)23-12(10)9-24-6-1-2-13(24)25/h3-5,7,16H,1-2,6,8-9,19H2,(H,22,23). The van der Waals surface area contributed by atoms with E-state index >= 15 is 0 Å². The molecule has 0 saturated carbocycles. The van der Waals surface area contributed by atoms with Gasteiger partial charge in [0.1, 0.15) is 0 Å². The van der Waals surface area contributed by atoms with Crippen LogP contribution in [0.4, 0.5) is 8.78 Å². The van der Waals surface area contributed by atoms with E-state index in [1.807, 2.05) is 5.38 Å². The Morgan fingerprint density at radius 3 is 3.04 bits per heavy atom. The van der Waals surface area contributed by atoms with Gasteiger partial charge in [0, 0.05) is 47.7 Å². The van der Waals surface area contributed by atoms with E-state index in [9.17, 15) is 13.6 Å². The second kappa shape index (κ2) is 8.17. The lowest BCUT2D eigenvalue weighted by molar-refractivity contribution is -0.127. The van der Waals surface area contributed by atoms with Crippen LogP contribution in [0.1, 0.15) is 17.8 Å². The van der Waals surface area contributed by atoms with Crippen LogP contribution in [0.3, 0.4) is 0 Å². The van der Waals surface area contributed by atoms with Crippen LogP contribution in [0.2, 0.25) is 0 Å². The fourth-order valence-corrected chi connectivity index (χ4v) is 3.32. The first-order valence-electron chi connectivity index (χ1n) is 8.03. The van der Waals surface area contributed by atoms with Crippen molar-refractivity contribution < 1.29 is 13.6 Å². The summed E-state index contributed by atoms with van der Waals surface area (Å²) in [5, 5.41) is 5.78. The quantitative estimate of drug-likeness (QED) is 0.578. The number of carbonyl (C=O) groups is 1. The number of rotatable bonds is 6. The van der Waals surface area contributed by atoms with Gasteiger partial charge >= 0.3 is 6.55 Å². The van der Waals surface area contributed by atoms with Crippen molar-refractivity contribution in [3.63, 3.8) is 0 Å². The van der Waals surface area contributed by atoms with Crippen molar-refractivity contribution in [2.75, 3.05) is 19.6 Å². The number of halogens is 2. The molecule has 0 atom stereocenters. The highest BCUT2D eigenvalue weighted by Crippen LogP contribution is 2.20. The van der Waals surface area contributed by atoms with E-state index in [0.29, 0.717) is 30.9 Å². The average molecular weight is 380 g/mol. The fourth-order valence-electron chi connectivity index (χ4n) is 2.72. The molecule has 2 aliphatic rings. The number of amides is 1. The minimum atomic E-state index is -2.78. The SMILES string of the molecule is NC(=CC=NC(F)F)C1=C(CN2CCCC2=O)NC(c2nccs2)=NC1. The minimum Gasteiger partial charge on any atom is -0.398 e. The number of alkyl halides is 2. The molecule has 0 aromatic carbocycles. The van der Waals surface area contributed by atoms with Crippen molar-refractivity contribution in [1.29, 1.82) is 0 Å². The van der Waals surface area contributed by atoms with Crippen molar-refractivity contribution >= 4 is 29.3 Å². The topological polar surface area (TPSA) is 96.0 Å². The van der Waals surface area contributed by atoms with Crippen LogP contribution < -0.4 is 11.1 Å². The number of amidine groups is 1. The Morgan fingerprint density at radius 2 is 2.38 bits per heavy atom. The number of carbonyl (C=O) groups excluding carboxylic acids is 1. The zero-order valence-electron chi connectivity index (χ0n) is 13.9. The number of thiazole rings is 1. The maximum absolute atomic E-state index is 12.2. The van der Waals surface area contributed by atoms with Crippen molar-refractivity contribution in [3.8, 4) is 0 Å². The van der Waals surface area contributed by atoms with Gasteiger partial charge < -0.3 is 16.0 Å². The summed E-state index contributed by atoms with van der Waals surface area (Å²) in [4.78, 5) is 25.4. The number of nitrogens with two attached hydrogens (primary N) is 1. The molecule has 0 bridgehead atoms. The molecule has 0 spiro atoms. The van der Waals surface area contributed by atoms with Gasteiger partial charge in [-0.05, 0) is 12.5 Å². The molecule has 138 valence electrons. The molecule has 1 aromatic heterocycles. The van der Waals surface area contributed by atoms with E-state index in [1.165, 1.54) is 17.4 Å². The number of nitrogens with zero attached hydrogens (tertiary/aromatic N) is 4. The second-order valence-electron chi connectivity index (χ2n) is 5.70. The molecule has 1 saturated heterocycles. The summed E-state index contributed by atoms with van der Waals surface area (Å²) < 4.78 is 24.3. The first-order valence-corrected chi connectivity index (χ1v) is 8.91. The summed E-state index contributed by atoms with van der Waals surface area (Å²) >= 11 is 1.44. The summed E-state index contributed by atoms with van der Waals surface area (Å²) in [7, 11) is 0. The Labute approximate surface area is 153 Å². The number of allylic oxidation sites excluding steroid dienone is 1. The smallest absolute Gasteiger partial charge is 0.331 e. The number of hydrogen-bond donors (Lipinski definition) is 2. The third kappa shape index (κ3) is 4.31. The Bertz CT molecular complexity index is 785. The van der Waals surface area contributed by atoms with Crippen LogP contribution in [0.5, 0.6) is 0 Å². The van der Waals surface area contributed by atoms with Crippen LogP contribution in [-0.4, -0.2) is 54.0 Å². The van der Waals surface area contributed by atoms with Crippen LogP contribution >= 0.6 is 11.3 Å². The summed E-state index contributed by atoms with van der Waals surface area (Å²) in [6.07, 6.45) is 5.33. The highest BCUT2D eigenvalue weighted by Gasteiger charge is 2.25. The zero-order valence-corrected chi connectivity index (χ0v) is 14.7. The molecule has 26 heavy (non-hydrogen) atoms. The molecule has 3 heterocycles. The second-order valence-corrected chi connectivity index (χ2v) is 6.60. The van der Waals surface area contributed by atoms with Gasteiger partial charge in [0.05, 0.1) is 13.1 Å². The van der Waals surface area contributed by atoms with E-state index in [4.69, 9.17) is 5.73 Å². The molecular formula is C16H18F2N6OS. The summed E-state index contributed by atoms with van der Waals surface area (Å²) in [6.45, 7) is -1.48. The van der Waals surface area contributed by atoms with E-state index < -0.39 is 6.55 Å². The molecule has 3 rings (SSSR count). The van der Waals surface area contributed by atoms with Crippen LogP contribution in [0.25, 0.3) is 0 Å². The lowest BCUT2D eigenvalue weighted by Crippen LogP contribution is -2.38. The van der Waals surface area contributed by atoms with Crippen LogP contribution in [-0.2, 0) is 4.79 Å². The molecular weight excluding hydrogens is 362 g/mol. The molecule has 3 N–H and O–H groups in total. The highest BCUT2D eigenvalue weighted by molar-refractivity contribution is 7.11. The first kappa shape index (κ1) is 18.2. The van der Waals surface area contributed by atoms with Gasteiger partial charge in [-0.3, -0.25) is 9.79 Å². The lowest BCUT2D eigenvalue weighted by Gasteiger charge is -2.25.